The lowest BCUT2D eigenvalue weighted by molar-refractivity contribution is 0.0943. The zero-order valence-electron chi connectivity index (χ0n) is 15.3. The predicted molar refractivity (Wildman–Crippen MR) is 98.6 cm³/mol. The fourth-order valence-corrected chi connectivity index (χ4v) is 3.85. The first kappa shape index (κ1) is 17.9. The minimum atomic E-state index is -0.0458. The fourth-order valence-electron chi connectivity index (χ4n) is 3.85. The van der Waals surface area contributed by atoms with Gasteiger partial charge in [-0.3, -0.25) is 4.90 Å². The fraction of sp³-hybridized carbons (Fsp3) is 0.632. The Morgan fingerprint density at radius 3 is 2.32 bits per heavy atom. The molecule has 0 aromatic heterocycles. The number of hydrogen-bond acceptors (Lipinski definition) is 4. The van der Waals surface area contributed by atoms with Gasteiger partial charge < -0.3 is 19.7 Å². The number of rotatable bonds is 4. The van der Waals surface area contributed by atoms with Gasteiger partial charge in [-0.25, -0.2) is 4.79 Å². The molecule has 1 saturated heterocycles. The molecule has 2 aliphatic rings. The van der Waals surface area contributed by atoms with Crippen molar-refractivity contribution in [3.8, 4) is 11.5 Å². The highest BCUT2D eigenvalue weighted by Gasteiger charge is 2.27. The Kier molecular flexibility index (Phi) is 6.02. The van der Waals surface area contributed by atoms with Crippen LogP contribution in [0.3, 0.4) is 0 Å². The number of urea groups is 1. The summed E-state index contributed by atoms with van der Waals surface area (Å²) in [5.74, 6) is 1.27. The Labute approximate surface area is 150 Å². The van der Waals surface area contributed by atoms with Crippen LogP contribution in [0, 0.1) is 0 Å². The van der Waals surface area contributed by atoms with Crippen molar-refractivity contribution in [3.63, 3.8) is 0 Å². The number of hydrogen-bond donors (Lipinski definition) is 1. The summed E-state index contributed by atoms with van der Waals surface area (Å²) < 4.78 is 10.5. The number of methoxy groups -OCH3 is 2. The molecule has 0 spiro atoms. The van der Waals surface area contributed by atoms with Crippen molar-refractivity contribution in [3.05, 3.63) is 18.2 Å². The molecule has 138 valence electrons. The first-order valence-corrected chi connectivity index (χ1v) is 9.23. The molecule has 6 heteroatoms. The number of anilines is 1. The molecule has 1 aliphatic heterocycles. The second kappa shape index (κ2) is 8.43. The smallest absolute Gasteiger partial charge is 0.321 e. The van der Waals surface area contributed by atoms with Gasteiger partial charge in [-0.05, 0) is 25.0 Å². The van der Waals surface area contributed by atoms with Crippen LogP contribution in [-0.4, -0.2) is 62.3 Å². The Balaban J connectivity index is 1.52. The van der Waals surface area contributed by atoms with Gasteiger partial charge in [0.1, 0.15) is 0 Å². The van der Waals surface area contributed by atoms with Crippen molar-refractivity contribution >= 4 is 11.7 Å². The molecule has 1 aliphatic carbocycles. The van der Waals surface area contributed by atoms with Crippen LogP contribution in [0.15, 0.2) is 18.2 Å². The molecule has 2 fully saturated rings. The molecule has 1 saturated carbocycles. The molecule has 1 aromatic carbocycles. The molecule has 25 heavy (non-hydrogen) atoms. The van der Waals surface area contributed by atoms with Gasteiger partial charge in [0, 0.05) is 44.0 Å². The second-order valence-corrected chi connectivity index (χ2v) is 6.81. The molecule has 0 unspecified atom stereocenters. The first-order valence-electron chi connectivity index (χ1n) is 9.23. The van der Waals surface area contributed by atoms with E-state index in [0.717, 1.165) is 37.9 Å². The van der Waals surface area contributed by atoms with E-state index in [0.29, 0.717) is 11.5 Å². The van der Waals surface area contributed by atoms with Gasteiger partial charge in [0.25, 0.3) is 0 Å². The quantitative estimate of drug-likeness (QED) is 0.909. The third kappa shape index (κ3) is 4.37. The summed E-state index contributed by atoms with van der Waals surface area (Å²) in [4.78, 5) is 17.0. The number of amides is 2. The van der Waals surface area contributed by atoms with E-state index in [4.69, 9.17) is 9.47 Å². The highest BCUT2D eigenvalue weighted by atomic mass is 16.5. The van der Waals surface area contributed by atoms with Crippen molar-refractivity contribution in [2.75, 3.05) is 45.7 Å². The van der Waals surface area contributed by atoms with Crippen LogP contribution in [-0.2, 0) is 0 Å². The Bertz CT molecular complexity index is 579. The molecule has 6 nitrogen and oxygen atoms in total. The molecule has 0 atom stereocenters. The summed E-state index contributed by atoms with van der Waals surface area (Å²) in [6.07, 6.45) is 6.72. The molecule has 1 aromatic rings. The minimum absolute atomic E-state index is 0.0458. The van der Waals surface area contributed by atoms with Crippen LogP contribution in [0.1, 0.15) is 32.1 Å². The summed E-state index contributed by atoms with van der Waals surface area (Å²) in [6.45, 7) is 3.53. The Morgan fingerprint density at radius 2 is 1.68 bits per heavy atom. The van der Waals surface area contributed by atoms with Crippen LogP contribution >= 0.6 is 0 Å². The van der Waals surface area contributed by atoms with Gasteiger partial charge in [0.05, 0.1) is 14.2 Å². The summed E-state index contributed by atoms with van der Waals surface area (Å²) in [7, 11) is 3.19. The van der Waals surface area contributed by atoms with Crippen LogP contribution in [0.2, 0.25) is 0 Å². The lowest BCUT2D eigenvalue weighted by Gasteiger charge is -2.40. The maximum absolute atomic E-state index is 12.5. The minimum Gasteiger partial charge on any atom is -0.493 e. The van der Waals surface area contributed by atoms with Crippen LogP contribution in [0.5, 0.6) is 11.5 Å². The van der Waals surface area contributed by atoms with Crippen molar-refractivity contribution in [1.29, 1.82) is 0 Å². The van der Waals surface area contributed by atoms with Gasteiger partial charge in [0.15, 0.2) is 11.5 Å². The molecule has 1 heterocycles. The summed E-state index contributed by atoms with van der Waals surface area (Å²) in [5, 5.41) is 2.96. The monoisotopic (exact) mass is 347 g/mol. The molecule has 2 amide bonds. The first-order chi connectivity index (χ1) is 12.2. The average molecular weight is 347 g/mol. The number of carbonyl (C=O) groups is 1. The Hall–Kier alpha value is -1.95. The zero-order valence-corrected chi connectivity index (χ0v) is 15.3. The van der Waals surface area contributed by atoms with Gasteiger partial charge in [-0.15, -0.1) is 0 Å². The number of nitrogens with zero attached hydrogens (tertiary/aromatic N) is 2. The highest BCUT2D eigenvalue weighted by Crippen LogP contribution is 2.30. The standard InChI is InChI=1S/C19H29N3O3/c1-24-17-9-8-15(14-18(17)25-2)20-19(23)22-12-10-21(11-13-22)16-6-4-3-5-7-16/h8-9,14,16H,3-7,10-13H2,1-2H3,(H,20,23). The summed E-state index contributed by atoms with van der Waals surface area (Å²) in [5.41, 5.74) is 0.720. The van der Waals surface area contributed by atoms with Gasteiger partial charge in [0.2, 0.25) is 0 Å². The van der Waals surface area contributed by atoms with E-state index in [1.165, 1.54) is 32.1 Å². The maximum atomic E-state index is 12.5. The van der Waals surface area contributed by atoms with E-state index >= 15 is 0 Å². The van der Waals surface area contributed by atoms with E-state index in [1.54, 1.807) is 26.4 Å². The van der Waals surface area contributed by atoms with E-state index in [-0.39, 0.29) is 6.03 Å². The molecular formula is C19H29N3O3. The lowest BCUT2D eigenvalue weighted by Crippen LogP contribution is -2.53. The number of nitrogens with one attached hydrogen (secondary N) is 1. The molecule has 1 N–H and O–H groups in total. The summed E-state index contributed by atoms with van der Waals surface area (Å²) in [6, 6.07) is 6.10. The number of ether oxygens (including phenoxy) is 2. The average Bonchev–Trinajstić information content (AvgIpc) is 2.68. The molecular weight excluding hydrogens is 318 g/mol. The summed E-state index contributed by atoms with van der Waals surface area (Å²) >= 11 is 0. The highest BCUT2D eigenvalue weighted by molar-refractivity contribution is 5.89. The van der Waals surface area contributed by atoms with E-state index in [9.17, 15) is 4.79 Å². The van der Waals surface area contributed by atoms with Crippen LogP contribution < -0.4 is 14.8 Å². The van der Waals surface area contributed by atoms with Crippen LogP contribution in [0.4, 0.5) is 10.5 Å². The van der Waals surface area contributed by atoms with Crippen molar-refractivity contribution < 1.29 is 14.3 Å². The molecule has 0 bridgehead atoms. The predicted octanol–water partition coefficient (Wildman–Crippen LogP) is 3.19. The second-order valence-electron chi connectivity index (χ2n) is 6.81. The number of benzene rings is 1. The van der Waals surface area contributed by atoms with Crippen molar-refractivity contribution in [1.82, 2.24) is 9.80 Å². The third-order valence-corrected chi connectivity index (χ3v) is 5.33. The number of piperazine rings is 1. The van der Waals surface area contributed by atoms with E-state index in [2.05, 4.69) is 10.2 Å². The zero-order chi connectivity index (χ0) is 17.6. The molecule has 0 radical (unpaired) electrons. The van der Waals surface area contributed by atoms with Crippen LogP contribution in [0.25, 0.3) is 0 Å². The SMILES string of the molecule is COc1ccc(NC(=O)N2CCN(C3CCCCC3)CC2)cc1OC. The Morgan fingerprint density at radius 1 is 1.00 bits per heavy atom. The van der Waals surface area contributed by atoms with Crippen molar-refractivity contribution in [2.45, 2.75) is 38.1 Å². The van der Waals surface area contributed by atoms with Gasteiger partial charge in [-0.2, -0.15) is 0 Å². The number of carbonyl (C=O) groups excluding carboxylic acids is 1. The normalized spacial score (nSPS) is 19.5. The van der Waals surface area contributed by atoms with E-state index < -0.39 is 0 Å². The third-order valence-electron chi connectivity index (χ3n) is 5.33. The lowest BCUT2D eigenvalue weighted by atomic mass is 9.94. The van der Waals surface area contributed by atoms with Gasteiger partial charge in [-0.1, -0.05) is 19.3 Å². The molecule has 3 rings (SSSR count). The van der Waals surface area contributed by atoms with Crippen molar-refractivity contribution in [2.24, 2.45) is 0 Å². The largest absolute Gasteiger partial charge is 0.493 e. The maximum Gasteiger partial charge on any atom is 0.321 e. The topological polar surface area (TPSA) is 54.0 Å². The van der Waals surface area contributed by atoms with Gasteiger partial charge >= 0.3 is 6.03 Å². The van der Waals surface area contributed by atoms with E-state index in [1.807, 2.05) is 11.0 Å².